The first-order chi connectivity index (χ1) is 8.38. The number of ether oxygens (including phenoxy) is 1. The first kappa shape index (κ1) is 14.7. The van der Waals surface area contributed by atoms with Gasteiger partial charge in [0, 0.05) is 12.7 Å². The van der Waals surface area contributed by atoms with Crippen LogP contribution in [0, 0.1) is 0 Å². The van der Waals surface area contributed by atoms with Crippen molar-refractivity contribution in [2.75, 3.05) is 6.54 Å². The average molecular weight is 272 g/mol. The fourth-order valence-electron chi connectivity index (χ4n) is 1.24. The molecule has 2 N–H and O–H groups in total. The number of carbonyl (C=O) groups excluding carboxylic acids is 1. The van der Waals surface area contributed by atoms with Crippen LogP contribution in [0.3, 0.4) is 0 Å². The average Bonchev–Trinajstić information content (AvgIpc) is 2.24. The van der Waals surface area contributed by atoms with Crippen LogP contribution in [0.2, 0.25) is 5.15 Å². The van der Waals surface area contributed by atoms with Crippen molar-refractivity contribution in [1.82, 2.24) is 15.8 Å². The lowest BCUT2D eigenvalue weighted by molar-refractivity contribution is 0.0499. The highest BCUT2D eigenvalue weighted by molar-refractivity contribution is 6.30. The number of hydrogen-bond donors (Lipinski definition) is 2. The number of carbonyl (C=O) groups is 1. The Morgan fingerprint density at radius 2 is 2.22 bits per heavy atom. The van der Waals surface area contributed by atoms with Crippen LogP contribution >= 0.6 is 11.6 Å². The summed E-state index contributed by atoms with van der Waals surface area (Å²) in [5.74, 6) is 0. The molecule has 1 rings (SSSR count). The Balaban J connectivity index is 2.23. The summed E-state index contributed by atoms with van der Waals surface area (Å²) >= 11 is 5.90. The summed E-state index contributed by atoms with van der Waals surface area (Å²) in [5.41, 5.74) is 5.65. The van der Waals surface area contributed by atoms with E-state index in [4.69, 9.17) is 16.3 Å². The summed E-state index contributed by atoms with van der Waals surface area (Å²) in [6.07, 6.45) is 1.81. The van der Waals surface area contributed by atoms with Crippen molar-refractivity contribution in [3.05, 3.63) is 29.0 Å². The van der Waals surface area contributed by atoms with Gasteiger partial charge in [-0.25, -0.2) is 15.2 Å². The molecule has 0 aliphatic carbocycles. The molecule has 0 spiro atoms. The zero-order valence-electron chi connectivity index (χ0n) is 10.8. The van der Waals surface area contributed by atoms with Gasteiger partial charge < -0.3 is 4.74 Å². The van der Waals surface area contributed by atoms with Gasteiger partial charge in [-0.05, 0) is 38.8 Å². The van der Waals surface area contributed by atoms with Crippen molar-refractivity contribution in [3.63, 3.8) is 0 Å². The molecule has 1 amide bonds. The van der Waals surface area contributed by atoms with Crippen LogP contribution in [0.5, 0.6) is 0 Å². The molecule has 100 valence electrons. The van der Waals surface area contributed by atoms with Crippen LogP contribution in [0.25, 0.3) is 0 Å². The molecule has 6 heteroatoms. The third-order valence-corrected chi connectivity index (χ3v) is 2.29. The molecule has 0 saturated heterocycles. The number of nitrogens with zero attached hydrogens (tertiary/aromatic N) is 1. The van der Waals surface area contributed by atoms with E-state index in [9.17, 15) is 4.79 Å². The number of nitrogens with one attached hydrogen (secondary N) is 2. The third kappa shape index (κ3) is 5.84. The smallest absolute Gasteiger partial charge is 0.422 e. The van der Waals surface area contributed by atoms with E-state index < -0.39 is 11.7 Å². The number of amides is 1. The monoisotopic (exact) mass is 271 g/mol. The second kappa shape index (κ2) is 6.56. The second-order valence-electron chi connectivity index (χ2n) is 4.76. The maximum absolute atomic E-state index is 11.3. The zero-order valence-corrected chi connectivity index (χ0v) is 11.5. The Morgan fingerprint density at radius 1 is 1.50 bits per heavy atom. The van der Waals surface area contributed by atoms with Gasteiger partial charge in [0.2, 0.25) is 0 Å². The first-order valence-electron chi connectivity index (χ1n) is 5.70. The highest BCUT2D eigenvalue weighted by atomic mass is 35.5. The van der Waals surface area contributed by atoms with Gasteiger partial charge in [0.1, 0.15) is 10.8 Å². The van der Waals surface area contributed by atoms with Crippen molar-refractivity contribution in [3.8, 4) is 0 Å². The van der Waals surface area contributed by atoms with Crippen molar-refractivity contribution in [1.29, 1.82) is 0 Å². The molecule has 0 saturated carbocycles. The Kier molecular flexibility index (Phi) is 5.37. The van der Waals surface area contributed by atoms with Crippen LogP contribution in [-0.4, -0.2) is 23.2 Å². The van der Waals surface area contributed by atoms with Crippen molar-refractivity contribution < 1.29 is 9.53 Å². The zero-order chi connectivity index (χ0) is 13.6. The first-order valence-corrected chi connectivity index (χ1v) is 6.07. The van der Waals surface area contributed by atoms with Crippen LogP contribution in [0.15, 0.2) is 18.3 Å². The van der Waals surface area contributed by atoms with Gasteiger partial charge in [-0.3, -0.25) is 5.43 Å². The van der Waals surface area contributed by atoms with Gasteiger partial charge in [-0.15, -0.1) is 0 Å². The van der Waals surface area contributed by atoms with Crippen LogP contribution in [0.1, 0.15) is 26.3 Å². The minimum absolute atomic E-state index is 0.483. The molecule has 0 radical (unpaired) electrons. The second-order valence-corrected chi connectivity index (χ2v) is 5.12. The predicted octanol–water partition coefficient (Wildman–Crippen LogP) is 2.31. The van der Waals surface area contributed by atoms with E-state index in [2.05, 4.69) is 15.8 Å². The highest BCUT2D eigenvalue weighted by Gasteiger charge is 2.15. The molecule has 5 nitrogen and oxygen atoms in total. The molecule has 0 unspecified atom stereocenters. The summed E-state index contributed by atoms with van der Waals surface area (Å²) in [6, 6.07) is 3.72. The Morgan fingerprint density at radius 3 is 2.83 bits per heavy atom. The van der Waals surface area contributed by atoms with E-state index in [1.807, 2.05) is 32.9 Å². The topological polar surface area (TPSA) is 63.2 Å². The van der Waals surface area contributed by atoms with E-state index in [1.54, 1.807) is 6.20 Å². The maximum Gasteiger partial charge on any atom is 0.422 e. The summed E-state index contributed by atoms with van der Waals surface area (Å²) < 4.78 is 5.06. The normalized spacial score (nSPS) is 11.1. The molecule has 0 aliphatic heterocycles. The van der Waals surface area contributed by atoms with Gasteiger partial charge in [-0.1, -0.05) is 17.7 Å². The molecule has 1 aromatic rings. The fraction of sp³-hybridized carbons (Fsp3) is 0.500. The molecule has 0 aliphatic rings. The summed E-state index contributed by atoms with van der Waals surface area (Å²) in [7, 11) is 0. The summed E-state index contributed by atoms with van der Waals surface area (Å²) in [4.78, 5) is 15.3. The van der Waals surface area contributed by atoms with E-state index in [-0.39, 0.29) is 0 Å². The minimum Gasteiger partial charge on any atom is -0.443 e. The van der Waals surface area contributed by atoms with Crippen molar-refractivity contribution >= 4 is 17.7 Å². The van der Waals surface area contributed by atoms with Crippen LogP contribution in [-0.2, 0) is 11.2 Å². The molecular weight excluding hydrogens is 254 g/mol. The fourth-order valence-corrected chi connectivity index (χ4v) is 1.46. The molecule has 0 aromatic carbocycles. The number of aromatic nitrogens is 1. The van der Waals surface area contributed by atoms with Crippen molar-refractivity contribution in [2.45, 2.75) is 32.8 Å². The number of rotatable bonds is 4. The number of pyridine rings is 1. The van der Waals surface area contributed by atoms with Crippen molar-refractivity contribution in [2.24, 2.45) is 0 Å². The lowest BCUT2D eigenvalue weighted by Crippen LogP contribution is -2.42. The molecule has 0 atom stereocenters. The molecule has 1 heterocycles. The molecule has 1 aromatic heterocycles. The maximum atomic E-state index is 11.3. The Bertz CT molecular complexity index is 405. The molecule has 18 heavy (non-hydrogen) atoms. The van der Waals surface area contributed by atoms with Crippen LogP contribution in [0.4, 0.5) is 4.79 Å². The molecular formula is C12H18ClN3O2. The quantitative estimate of drug-likeness (QED) is 0.501. The SMILES string of the molecule is CC(C)(C)OC(=O)NNCCc1cccnc1Cl. The molecule has 0 bridgehead atoms. The Hall–Kier alpha value is -1.33. The van der Waals surface area contributed by atoms with E-state index in [0.717, 1.165) is 5.56 Å². The minimum atomic E-state index is -0.502. The van der Waals surface area contributed by atoms with Crippen LogP contribution < -0.4 is 10.9 Å². The third-order valence-electron chi connectivity index (χ3n) is 1.95. The highest BCUT2D eigenvalue weighted by Crippen LogP contribution is 2.11. The van der Waals surface area contributed by atoms with Gasteiger partial charge in [0.15, 0.2) is 0 Å². The predicted molar refractivity (Wildman–Crippen MR) is 70.3 cm³/mol. The standard InChI is InChI=1S/C12H18ClN3O2/c1-12(2,3)18-11(17)16-15-8-6-9-5-4-7-14-10(9)13/h4-5,7,15H,6,8H2,1-3H3,(H,16,17). The van der Waals surface area contributed by atoms with Gasteiger partial charge in [0.25, 0.3) is 0 Å². The van der Waals surface area contributed by atoms with Gasteiger partial charge in [-0.2, -0.15) is 0 Å². The lowest BCUT2D eigenvalue weighted by atomic mass is 10.2. The summed E-state index contributed by atoms with van der Waals surface area (Å²) in [6.45, 7) is 5.97. The summed E-state index contributed by atoms with van der Waals surface area (Å²) in [5, 5.41) is 0.483. The largest absolute Gasteiger partial charge is 0.443 e. The number of hydrogen-bond acceptors (Lipinski definition) is 4. The Labute approximate surface area is 112 Å². The lowest BCUT2D eigenvalue weighted by Gasteiger charge is -2.19. The number of halogens is 1. The van der Waals surface area contributed by atoms with Gasteiger partial charge >= 0.3 is 6.09 Å². The molecule has 0 fully saturated rings. The van der Waals surface area contributed by atoms with E-state index in [1.165, 1.54) is 0 Å². The van der Waals surface area contributed by atoms with E-state index in [0.29, 0.717) is 18.1 Å². The van der Waals surface area contributed by atoms with E-state index >= 15 is 0 Å². The van der Waals surface area contributed by atoms with Gasteiger partial charge in [0.05, 0.1) is 0 Å². The number of hydrazine groups is 1.